The van der Waals surface area contributed by atoms with Crippen LogP contribution in [0, 0.1) is 6.92 Å². The van der Waals surface area contributed by atoms with E-state index in [2.05, 4.69) is 21.2 Å². The fourth-order valence-electron chi connectivity index (χ4n) is 3.40. The molecule has 0 bridgehead atoms. The van der Waals surface area contributed by atoms with E-state index in [1.807, 2.05) is 31.2 Å². The van der Waals surface area contributed by atoms with Crippen molar-refractivity contribution in [3.63, 3.8) is 0 Å². The van der Waals surface area contributed by atoms with Gasteiger partial charge in [-0.3, -0.25) is 9.10 Å². The van der Waals surface area contributed by atoms with E-state index >= 15 is 0 Å². The number of anilines is 2. The predicted octanol–water partition coefficient (Wildman–Crippen LogP) is 4.76. The first kappa shape index (κ1) is 19.7. The highest BCUT2D eigenvalue weighted by Crippen LogP contribution is 2.34. The minimum atomic E-state index is -3.64. The Bertz CT molecular complexity index is 1190. The SMILES string of the molecule is Cc1ccccc1NC(=O)c1ccc2c(c1)CCN2S(=O)(=O)c1ccc(Br)cc1. The van der Waals surface area contributed by atoms with Crippen molar-refractivity contribution in [3.05, 3.63) is 87.9 Å². The lowest BCUT2D eigenvalue weighted by atomic mass is 10.1. The van der Waals surface area contributed by atoms with Crippen LogP contribution in [0.3, 0.4) is 0 Å². The van der Waals surface area contributed by atoms with Gasteiger partial charge in [-0.25, -0.2) is 8.42 Å². The molecule has 1 aliphatic rings. The number of halogens is 1. The summed E-state index contributed by atoms with van der Waals surface area (Å²) >= 11 is 3.32. The number of sulfonamides is 1. The Hall–Kier alpha value is -2.64. The van der Waals surface area contributed by atoms with Crippen molar-refractivity contribution >= 4 is 43.2 Å². The quantitative estimate of drug-likeness (QED) is 0.597. The molecule has 1 heterocycles. The number of nitrogens with one attached hydrogen (secondary N) is 1. The number of aryl methyl sites for hydroxylation is 1. The van der Waals surface area contributed by atoms with E-state index < -0.39 is 10.0 Å². The second-order valence-electron chi connectivity index (χ2n) is 6.89. The van der Waals surface area contributed by atoms with E-state index in [0.717, 1.165) is 21.3 Å². The van der Waals surface area contributed by atoms with Gasteiger partial charge in [0, 0.05) is 22.3 Å². The Morgan fingerprint density at radius 1 is 1.03 bits per heavy atom. The summed E-state index contributed by atoms with van der Waals surface area (Å²) in [7, 11) is -3.64. The summed E-state index contributed by atoms with van der Waals surface area (Å²) in [6.45, 7) is 2.29. The van der Waals surface area contributed by atoms with Gasteiger partial charge in [0.2, 0.25) is 0 Å². The molecule has 29 heavy (non-hydrogen) atoms. The van der Waals surface area contributed by atoms with Crippen molar-refractivity contribution < 1.29 is 13.2 Å². The van der Waals surface area contributed by atoms with Crippen LogP contribution in [0.15, 0.2) is 76.1 Å². The Balaban J connectivity index is 1.60. The van der Waals surface area contributed by atoms with Gasteiger partial charge in [-0.2, -0.15) is 0 Å². The third-order valence-electron chi connectivity index (χ3n) is 4.99. The molecule has 7 heteroatoms. The zero-order chi connectivity index (χ0) is 20.6. The van der Waals surface area contributed by atoms with Gasteiger partial charge in [0.05, 0.1) is 10.6 Å². The van der Waals surface area contributed by atoms with Crippen molar-refractivity contribution in [3.8, 4) is 0 Å². The van der Waals surface area contributed by atoms with Crippen molar-refractivity contribution in [2.24, 2.45) is 0 Å². The minimum Gasteiger partial charge on any atom is -0.322 e. The number of amides is 1. The number of para-hydroxylation sites is 1. The molecule has 4 rings (SSSR count). The molecule has 1 aliphatic heterocycles. The van der Waals surface area contributed by atoms with E-state index in [-0.39, 0.29) is 10.8 Å². The van der Waals surface area contributed by atoms with E-state index in [4.69, 9.17) is 0 Å². The normalized spacial score (nSPS) is 13.2. The number of hydrogen-bond acceptors (Lipinski definition) is 3. The molecule has 0 fully saturated rings. The highest BCUT2D eigenvalue weighted by Gasteiger charge is 2.31. The minimum absolute atomic E-state index is 0.212. The zero-order valence-corrected chi connectivity index (χ0v) is 18.1. The van der Waals surface area contributed by atoms with Crippen LogP contribution >= 0.6 is 15.9 Å². The number of fused-ring (bicyclic) bond motifs is 1. The van der Waals surface area contributed by atoms with Gasteiger partial charge in [-0.15, -0.1) is 0 Å². The highest BCUT2D eigenvalue weighted by atomic mass is 79.9. The average molecular weight is 471 g/mol. The Morgan fingerprint density at radius 3 is 2.48 bits per heavy atom. The maximum Gasteiger partial charge on any atom is 0.264 e. The summed E-state index contributed by atoms with van der Waals surface area (Å²) in [5.74, 6) is -0.212. The predicted molar refractivity (Wildman–Crippen MR) is 118 cm³/mol. The number of benzene rings is 3. The van der Waals surface area contributed by atoms with Crippen LogP contribution in [-0.2, 0) is 16.4 Å². The second kappa shape index (κ2) is 7.65. The van der Waals surface area contributed by atoms with Gasteiger partial charge in [-0.1, -0.05) is 34.1 Å². The average Bonchev–Trinajstić information content (AvgIpc) is 3.14. The molecule has 0 saturated heterocycles. The van der Waals surface area contributed by atoms with Gasteiger partial charge in [0.1, 0.15) is 0 Å². The monoisotopic (exact) mass is 470 g/mol. The maximum absolute atomic E-state index is 13.0. The van der Waals surface area contributed by atoms with Crippen LogP contribution in [0.4, 0.5) is 11.4 Å². The van der Waals surface area contributed by atoms with Gasteiger partial charge < -0.3 is 5.32 Å². The molecule has 1 N–H and O–H groups in total. The number of hydrogen-bond donors (Lipinski definition) is 1. The third kappa shape index (κ3) is 3.80. The lowest BCUT2D eigenvalue weighted by molar-refractivity contribution is 0.102. The Morgan fingerprint density at radius 2 is 1.76 bits per heavy atom. The fourth-order valence-corrected chi connectivity index (χ4v) is 5.17. The van der Waals surface area contributed by atoms with E-state index in [1.165, 1.54) is 4.31 Å². The first-order valence-electron chi connectivity index (χ1n) is 9.14. The second-order valence-corrected chi connectivity index (χ2v) is 9.67. The molecule has 0 radical (unpaired) electrons. The van der Waals surface area contributed by atoms with Gasteiger partial charge >= 0.3 is 0 Å². The smallest absolute Gasteiger partial charge is 0.264 e. The molecular formula is C22H19BrN2O3S. The molecule has 1 amide bonds. The Kier molecular flexibility index (Phi) is 5.19. The van der Waals surface area contributed by atoms with Crippen molar-refractivity contribution in [1.29, 1.82) is 0 Å². The lowest BCUT2D eigenvalue weighted by Crippen LogP contribution is -2.29. The van der Waals surface area contributed by atoms with Crippen LogP contribution in [0.2, 0.25) is 0 Å². The van der Waals surface area contributed by atoms with Crippen molar-refractivity contribution in [1.82, 2.24) is 0 Å². The van der Waals surface area contributed by atoms with E-state index in [0.29, 0.717) is 24.2 Å². The van der Waals surface area contributed by atoms with Crippen LogP contribution < -0.4 is 9.62 Å². The third-order valence-corrected chi connectivity index (χ3v) is 7.35. The molecule has 148 valence electrons. The zero-order valence-electron chi connectivity index (χ0n) is 15.7. The van der Waals surface area contributed by atoms with Crippen molar-refractivity contribution in [2.45, 2.75) is 18.2 Å². The number of rotatable bonds is 4. The number of carbonyl (C=O) groups excluding carboxylic acids is 1. The molecule has 0 aromatic heterocycles. The van der Waals surface area contributed by atoms with Gasteiger partial charge in [0.25, 0.3) is 15.9 Å². The summed E-state index contributed by atoms with van der Waals surface area (Å²) in [5, 5.41) is 2.92. The summed E-state index contributed by atoms with van der Waals surface area (Å²) in [4.78, 5) is 12.9. The Labute approximate surface area is 178 Å². The number of carbonyl (C=O) groups is 1. The molecule has 0 spiro atoms. The topological polar surface area (TPSA) is 66.5 Å². The highest BCUT2D eigenvalue weighted by molar-refractivity contribution is 9.10. The molecule has 3 aromatic carbocycles. The fraction of sp³-hybridized carbons (Fsp3) is 0.136. The van der Waals surface area contributed by atoms with Crippen LogP contribution in [0.1, 0.15) is 21.5 Å². The van der Waals surface area contributed by atoms with E-state index in [1.54, 1.807) is 42.5 Å². The maximum atomic E-state index is 13.0. The van der Waals surface area contributed by atoms with Crippen LogP contribution in [-0.4, -0.2) is 20.9 Å². The molecule has 0 aliphatic carbocycles. The summed E-state index contributed by atoms with van der Waals surface area (Å²) in [6, 6.07) is 19.3. The van der Waals surface area contributed by atoms with Crippen LogP contribution in [0.25, 0.3) is 0 Å². The van der Waals surface area contributed by atoms with E-state index in [9.17, 15) is 13.2 Å². The lowest BCUT2D eigenvalue weighted by Gasteiger charge is -2.20. The molecular weight excluding hydrogens is 452 g/mol. The van der Waals surface area contributed by atoms with Crippen molar-refractivity contribution in [2.75, 3.05) is 16.2 Å². The largest absolute Gasteiger partial charge is 0.322 e. The summed E-state index contributed by atoms with van der Waals surface area (Å²) in [6.07, 6.45) is 0.566. The standard InChI is InChI=1S/C22H19BrN2O3S/c1-15-4-2-3-5-20(15)24-22(26)17-6-11-21-16(14-17)12-13-25(21)29(27,28)19-9-7-18(23)8-10-19/h2-11,14H,12-13H2,1H3,(H,24,26). The van der Waals surface area contributed by atoms with Crippen LogP contribution in [0.5, 0.6) is 0 Å². The van der Waals surface area contributed by atoms with Gasteiger partial charge in [-0.05, 0) is 73.0 Å². The first-order chi connectivity index (χ1) is 13.9. The molecule has 0 saturated carbocycles. The summed E-state index contributed by atoms with van der Waals surface area (Å²) < 4.78 is 28.3. The molecule has 3 aromatic rings. The van der Waals surface area contributed by atoms with Gasteiger partial charge in [0.15, 0.2) is 0 Å². The number of nitrogens with zero attached hydrogens (tertiary/aromatic N) is 1. The molecule has 0 unspecified atom stereocenters. The summed E-state index contributed by atoms with van der Waals surface area (Å²) in [5.41, 5.74) is 3.73. The first-order valence-corrected chi connectivity index (χ1v) is 11.4. The molecule has 5 nitrogen and oxygen atoms in total. The molecule has 0 atom stereocenters.